The molecule has 0 saturated carbocycles. The molecule has 0 spiro atoms. The van der Waals surface area contributed by atoms with Gasteiger partial charge in [-0.3, -0.25) is 0 Å². The summed E-state index contributed by atoms with van der Waals surface area (Å²) in [5.74, 6) is 0.763. The average molecular weight is 290 g/mol. The highest BCUT2D eigenvalue weighted by Crippen LogP contribution is 2.20. The Morgan fingerprint density at radius 3 is 2.67 bits per heavy atom. The first-order chi connectivity index (χ1) is 8.52. The van der Waals surface area contributed by atoms with Gasteiger partial charge in [0, 0.05) is 16.8 Å². The molecule has 0 aliphatic rings. The van der Waals surface area contributed by atoms with E-state index >= 15 is 0 Å². The highest BCUT2D eigenvalue weighted by atomic mass is 35.5. The number of rotatable bonds is 7. The molecule has 1 unspecified atom stereocenters. The molecular weight excluding hydrogens is 269 g/mol. The topological polar surface area (TPSA) is 12.0 Å². The molecule has 1 rings (SSSR count). The van der Waals surface area contributed by atoms with Gasteiger partial charge in [0.25, 0.3) is 0 Å². The van der Waals surface area contributed by atoms with Crippen LogP contribution in [0.4, 0.5) is 4.39 Å². The van der Waals surface area contributed by atoms with Crippen molar-refractivity contribution in [2.45, 2.75) is 38.5 Å². The number of halogens is 2. The zero-order valence-electron chi connectivity index (χ0n) is 11.2. The number of hydrogen-bond donors (Lipinski definition) is 1. The molecule has 0 radical (unpaired) electrons. The van der Waals surface area contributed by atoms with Gasteiger partial charge < -0.3 is 5.32 Å². The van der Waals surface area contributed by atoms with Gasteiger partial charge in [0.15, 0.2) is 0 Å². The summed E-state index contributed by atoms with van der Waals surface area (Å²) < 4.78 is 13.0. The third kappa shape index (κ3) is 5.59. The minimum atomic E-state index is -0.277. The Balaban J connectivity index is 2.64. The molecule has 1 aromatic carbocycles. The monoisotopic (exact) mass is 289 g/mol. The van der Waals surface area contributed by atoms with E-state index in [9.17, 15) is 4.39 Å². The van der Waals surface area contributed by atoms with Gasteiger partial charge in [-0.1, -0.05) is 38.4 Å². The minimum absolute atomic E-state index is 0.277. The van der Waals surface area contributed by atoms with Crippen molar-refractivity contribution in [3.63, 3.8) is 0 Å². The molecule has 0 aromatic heterocycles. The second-order valence-electron chi connectivity index (χ2n) is 4.58. The summed E-state index contributed by atoms with van der Waals surface area (Å²) in [6.45, 7) is 7.42. The molecule has 0 fully saturated rings. The lowest BCUT2D eigenvalue weighted by atomic mass is 10.1. The first kappa shape index (κ1) is 15.8. The second kappa shape index (κ2) is 8.03. The Hall–Kier alpha value is -0.250. The van der Waals surface area contributed by atoms with Crippen LogP contribution in [0.3, 0.4) is 0 Å². The van der Waals surface area contributed by atoms with Crippen LogP contribution in [-0.2, 0) is 6.42 Å². The summed E-state index contributed by atoms with van der Waals surface area (Å²) in [7, 11) is 0. The minimum Gasteiger partial charge on any atom is -0.313 e. The van der Waals surface area contributed by atoms with E-state index in [0.717, 1.165) is 24.3 Å². The average Bonchev–Trinajstić information content (AvgIpc) is 2.29. The van der Waals surface area contributed by atoms with Crippen molar-refractivity contribution in [3.8, 4) is 0 Å². The fraction of sp³-hybridized carbons (Fsp3) is 0.571. The van der Waals surface area contributed by atoms with Crippen LogP contribution in [0.1, 0.15) is 26.3 Å². The standard InChI is InChI=1S/C14H21ClFNS/c1-4-17-13(9-18-10(2)3)7-11-5-6-12(16)8-14(11)15/h5-6,8,10,13,17H,4,7,9H2,1-3H3. The van der Waals surface area contributed by atoms with Crippen LogP contribution in [0.5, 0.6) is 0 Å². The van der Waals surface area contributed by atoms with Crippen molar-refractivity contribution >= 4 is 23.4 Å². The van der Waals surface area contributed by atoms with E-state index < -0.39 is 0 Å². The molecule has 0 aliphatic carbocycles. The molecule has 1 nitrogen and oxygen atoms in total. The van der Waals surface area contributed by atoms with Crippen LogP contribution in [0, 0.1) is 5.82 Å². The van der Waals surface area contributed by atoms with Gasteiger partial charge in [0.1, 0.15) is 5.82 Å². The maximum atomic E-state index is 13.0. The number of likely N-dealkylation sites (N-methyl/N-ethyl adjacent to an activating group) is 1. The lowest BCUT2D eigenvalue weighted by Crippen LogP contribution is -2.33. The van der Waals surface area contributed by atoms with Gasteiger partial charge in [-0.05, 0) is 35.9 Å². The molecule has 18 heavy (non-hydrogen) atoms. The van der Waals surface area contributed by atoms with E-state index in [1.807, 2.05) is 11.8 Å². The van der Waals surface area contributed by atoms with Gasteiger partial charge in [-0.25, -0.2) is 4.39 Å². The van der Waals surface area contributed by atoms with E-state index in [1.165, 1.54) is 12.1 Å². The first-order valence-corrected chi connectivity index (χ1v) is 7.74. The normalized spacial score (nSPS) is 13.0. The maximum Gasteiger partial charge on any atom is 0.124 e. The molecule has 0 saturated heterocycles. The highest BCUT2D eigenvalue weighted by Gasteiger charge is 2.12. The van der Waals surface area contributed by atoms with Gasteiger partial charge in [-0.15, -0.1) is 0 Å². The van der Waals surface area contributed by atoms with Gasteiger partial charge in [0.2, 0.25) is 0 Å². The fourth-order valence-corrected chi connectivity index (χ4v) is 2.84. The van der Waals surface area contributed by atoms with Crippen molar-refractivity contribution < 1.29 is 4.39 Å². The Labute approximate surface area is 118 Å². The van der Waals surface area contributed by atoms with Crippen molar-refractivity contribution in [3.05, 3.63) is 34.6 Å². The smallest absolute Gasteiger partial charge is 0.124 e. The second-order valence-corrected chi connectivity index (χ2v) is 6.59. The number of benzene rings is 1. The van der Waals surface area contributed by atoms with Gasteiger partial charge >= 0.3 is 0 Å². The third-order valence-corrected chi connectivity index (χ3v) is 4.22. The molecule has 1 aromatic rings. The maximum absolute atomic E-state index is 13.0. The molecule has 0 aliphatic heterocycles. The molecular formula is C14H21ClFNS. The number of nitrogens with one attached hydrogen (secondary N) is 1. The number of hydrogen-bond acceptors (Lipinski definition) is 2. The molecule has 0 bridgehead atoms. The highest BCUT2D eigenvalue weighted by molar-refractivity contribution is 7.99. The Morgan fingerprint density at radius 1 is 1.39 bits per heavy atom. The quantitative estimate of drug-likeness (QED) is 0.809. The van der Waals surface area contributed by atoms with Crippen molar-refractivity contribution in [1.29, 1.82) is 0 Å². The Kier molecular flexibility index (Phi) is 7.05. The van der Waals surface area contributed by atoms with Crippen LogP contribution in [0.15, 0.2) is 18.2 Å². The SMILES string of the molecule is CCNC(CSC(C)C)Cc1ccc(F)cc1Cl. The van der Waals surface area contributed by atoms with Crippen LogP contribution in [0.2, 0.25) is 5.02 Å². The van der Waals surface area contributed by atoms with E-state index in [1.54, 1.807) is 6.07 Å². The molecule has 1 N–H and O–H groups in total. The molecule has 0 amide bonds. The van der Waals surface area contributed by atoms with Crippen LogP contribution >= 0.6 is 23.4 Å². The number of thioether (sulfide) groups is 1. The third-order valence-electron chi connectivity index (χ3n) is 2.60. The molecule has 4 heteroatoms. The summed E-state index contributed by atoms with van der Waals surface area (Å²) in [4.78, 5) is 0. The van der Waals surface area contributed by atoms with E-state index in [-0.39, 0.29) is 5.82 Å². The van der Waals surface area contributed by atoms with Crippen LogP contribution in [-0.4, -0.2) is 23.6 Å². The Bertz CT molecular complexity index is 371. The summed E-state index contributed by atoms with van der Waals surface area (Å²) in [5, 5.41) is 4.60. The molecule has 0 heterocycles. The van der Waals surface area contributed by atoms with E-state index in [0.29, 0.717) is 16.3 Å². The summed E-state index contributed by atoms with van der Waals surface area (Å²) in [5.41, 5.74) is 1.01. The summed E-state index contributed by atoms with van der Waals surface area (Å²) in [6, 6.07) is 5.02. The van der Waals surface area contributed by atoms with Crippen LogP contribution < -0.4 is 5.32 Å². The predicted octanol–water partition coefficient (Wildman–Crippen LogP) is 4.14. The summed E-state index contributed by atoms with van der Waals surface area (Å²) in [6.07, 6.45) is 0.840. The van der Waals surface area contributed by atoms with Gasteiger partial charge in [-0.2, -0.15) is 11.8 Å². The van der Waals surface area contributed by atoms with Crippen molar-refractivity contribution in [2.24, 2.45) is 0 Å². The zero-order valence-corrected chi connectivity index (χ0v) is 12.7. The molecule has 1 atom stereocenters. The van der Waals surface area contributed by atoms with Crippen molar-refractivity contribution in [1.82, 2.24) is 5.32 Å². The van der Waals surface area contributed by atoms with Crippen molar-refractivity contribution in [2.75, 3.05) is 12.3 Å². The summed E-state index contributed by atoms with van der Waals surface area (Å²) >= 11 is 7.99. The molecule has 102 valence electrons. The lowest BCUT2D eigenvalue weighted by molar-refractivity contribution is 0.570. The first-order valence-electron chi connectivity index (χ1n) is 6.31. The van der Waals surface area contributed by atoms with E-state index in [4.69, 9.17) is 11.6 Å². The largest absolute Gasteiger partial charge is 0.313 e. The zero-order chi connectivity index (χ0) is 13.5. The van der Waals surface area contributed by atoms with Gasteiger partial charge in [0.05, 0.1) is 0 Å². The Morgan fingerprint density at radius 2 is 2.11 bits per heavy atom. The van der Waals surface area contributed by atoms with Crippen LogP contribution in [0.25, 0.3) is 0 Å². The predicted molar refractivity (Wildman–Crippen MR) is 80.2 cm³/mol. The lowest BCUT2D eigenvalue weighted by Gasteiger charge is -2.19. The van der Waals surface area contributed by atoms with E-state index in [2.05, 4.69) is 26.1 Å². The fourth-order valence-electron chi connectivity index (χ4n) is 1.74.